The third-order valence-electron chi connectivity index (χ3n) is 3.66. The van der Waals surface area contributed by atoms with Gasteiger partial charge in [0.25, 0.3) is 5.91 Å². The molecule has 0 fully saturated rings. The highest BCUT2D eigenvalue weighted by Gasteiger charge is 2.20. The number of hydrogen-bond donors (Lipinski definition) is 1. The van der Waals surface area contributed by atoms with Gasteiger partial charge in [0.15, 0.2) is 11.5 Å². The molecule has 3 rings (SSSR count). The number of nitrogens with one attached hydrogen (secondary N) is 1. The fourth-order valence-corrected chi connectivity index (χ4v) is 2.42. The number of nitrogens with zero attached hydrogens (tertiary/aromatic N) is 3. The van der Waals surface area contributed by atoms with Crippen LogP contribution in [0.5, 0.6) is 0 Å². The maximum atomic E-state index is 13.9. The van der Waals surface area contributed by atoms with Crippen LogP contribution in [0.4, 0.5) is 18.9 Å². The second-order valence-electron chi connectivity index (χ2n) is 5.40. The normalized spacial score (nSPS) is 10.8. The Bertz CT molecular complexity index is 928. The number of pyridine rings is 1. The minimum atomic E-state index is -0.772. The highest BCUT2D eigenvalue weighted by atomic mass is 19.1. The molecule has 0 aliphatic heterocycles. The number of amides is 1. The Morgan fingerprint density at radius 2 is 1.80 bits per heavy atom. The number of halogens is 3. The van der Waals surface area contributed by atoms with Gasteiger partial charge in [-0.1, -0.05) is 6.07 Å². The minimum absolute atomic E-state index is 0.0238. The molecule has 0 aliphatic rings. The number of benzene rings is 1. The monoisotopic (exact) mass is 346 g/mol. The van der Waals surface area contributed by atoms with Crippen LogP contribution in [0.3, 0.4) is 0 Å². The summed E-state index contributed by atoms with van der Waals surface area (Å²) in [4.78, 5) is 16.0. The van der Waals surface area contributed by atoms with E-state index in [1.807, 2.05) is 0 Å². The van der Waals surface area contributed by atoms with Crippen molar-refractivity contribution in [2.75, 3.05) is 5.32 Å². The van der Waals surface area contributed by atoms with Gasteiger partial charge in [-0.25, -0.2) is 13.2 Å². The summed E-state index contributed by atoms with van der Waals surface area (Å²) in [7, 11) is 1.45. The summed E-state index contributed by atoms with van der Waals surface area (Å²) in [6, 6.07) is 4.71. The third-order valence-corrected chi connectivity index (χ3v) is 3.66. The molecule has 128 valence electrons. The molecule has 0 saturated heterocycles. The van der Waals surface area contributed by atoms with Crippen molar-refractivity contribution in [1.82, 2.24) is 14.8 Å². The predicted octanol–water partition coefficient (Wildman–Crippen LogP) is 3.46. The van der Waals surface area contributed by atoms with Gasteiger partial charge in [-0.3, -0.25) is 14.5 Å². The number of rotatable bonds is 3. The Kier molecular flexibility index (Phi) is 4.26. The van der Waals surface area contributed by atoms with E-state index in [2.05, 4.69) is 15.4 Å². The van der Waals surface area contributed by atoms with Crippen molar-refractivity contribution in [2.24, 2.45) is 7.05 Å². The lowest BCUT2D eigenvalue weighted by molar-refractivity contribution is 0.102. The summed E-state index contributed by atoms with van der Waals surface area (Å²) in [5, 5.41) is 6.36. The van der Waals surface area contributed by atoms with Crippen molar-refractivity contribution in [3.05, 3.63) is 65.4 Å². The Labute approximate surface area is 141 Å². The second kappa shape index (κ2) is 6.39. The molecular weight excluding hydrogens is 333 g/mol. The van der Waals surface area contributed by atoms with Crippen LogP contribution in [0.2, 0.25) is 0 Å². The largest absolute Gasteiger partial charge is 0.318 e. The average molecular weight is 346 g/mol. The first-order valence-electron chi connectivity index (χ1n) is 7.28. The van der Waals surface area contributed by atoms with Crippen LogP contribution in [0.1, 0.15) is 16.1 Å². The molecule has 0 saturated carbocycles. The van der Waals surface area contributed by atoms with E-state index < -0.39 is 23.4 Å². The number of aryl methyl sites for hydroxylation is 2. The van der Waals surface area contributed by atoms with Gasteiger partial charge in [0.05, 0.1) is 23.1 Å². The Hall–Kier alpha value is -3.16. The molecule has 2 heterocycles. The van der Waals surface area contributed by atoms with E-state index in [9.17, 15) is 18.0 Å². The highest BCUT2D eigenvalue weighted by Crippen LogP contribution is 2.26. The molecule has 3 aromatic rings. The van der Waals surface area contributed by atoms with Gasteiger partial charge in [0, 0.05) is 13.2 Å². The highest BCUT2D eigenvalue weighted by molar-refractivity contribution is 6.03. The van der Waals surface area contributed by atoms with Crippen molar-refractivity contribution in [3.8, 4) is 11.3 Å². The molecule has 2 aromatic heterocycles. The summed E-state index contributed by atoms with van der Waals surface area (Å²) >= 11 is 0. The lowest BCUT2D eigenvalue weighted by atomic mass is 10.1. The Balaban J connectivity index is 1.96. The molecule has 0 bridgehead atoms. The van der Waals surface area contributed by atoms with Crippen LogP contribution in [0.25, 0.3) is 11.3 Å². The molecule has 8 heteroatoms. The minimum Gasteiger partial charge on any atom is -0.318 e. The topological polar surface area (TPSA) is 59.8 Å². The standard InChI is InChI=1S/C17H13F3N4O/c1-9-7-21-8-12(20)16(9)22-17(25)13-6-14(24(2)23-13)15-10(18)4-3-5-11(15)19/h3-8H,1-2H3,(H,21,22,25). The van der Waals surface area contributed by atoms with Gasteiger partial charge in [-0.2, -0.15) is 5.10 Å². The molecular formula is C17H13F3N4O. The van der Waals surface area contributed by atoms with Gasteiger partial charge in [-0.05, 0) is 30.7 Å². The van der Waals surface area contributed by atoms with Gasteiger partial charge in [0.1, 0.15) is 11.6 Å². The lowest BCUT2D eigenvalue weighted by Gasteiger charge is -2.07. The molecule has 25 heavy (non-hydrogen) atoms. The number of aromatic nitrogens is 3. The van der Waals surface area contributed by atoms with Crippen molar-refractivity contribution < 1.29 is 18.0 Å². The molecule has 0 spiro atoms. The zero-order chi connectivity index (χ0) is 18.1. The number of carbonyl (C=O) groups is 1. The average Bonchev–Trinajstić information content (AvgIpc) is 2.93. The fourth-order valence-electron chi connectivity index (χ4n) is 2.42. The van der Waals surface area contributed by atoms with E-state index in [0.717, 1.165) is 18.3 Å². The van der Waals surface area contributed by atoms with Crippen LogP contribution in [0, 0.1) is 24.4 Å². The van der Waals surface area contributed by atoms with Crippen molar-refractivity contribution >= 4 is 11.6 Å². The van der Waals surface area contributed by atoms with Crippen LogP contribution in [-0.2, 0) is 7.05 Å². The van der Waals surface area contributed by atoms with Crippen LogP contribution in [-0.4, -0.2) is 20.7 Å². The summed E-state index contributed by atoms with van der Waals surface area (Å²) < 4.78 is 42.8. The van der Waals surface area contributed by atoms with Crippen LogP contribution >= 0.6 is 0 Å². The number of anilines is 1. The maximum Gasteiger partial charge on any atom is 0.276 e. The molecule has 1 amide bonds. The van der Waals surface area contributed by atoms with Crippen molar-refractivity contribution in [2.45, 2.75) is 6.92 Å². The molecule has 1 aromatic carbocycles. The summed E-state index contributed by atoms with van der Waals surface area (Å²) in [5.74, 6) is -2.94. The van der Waals surface area contributed by atoms with E-state index in [4.69, 9.17) is 0 Å². The predicted molar refractivity (Wildman–Crippen MR) is 85.4 cm³/mol. The maximum absolute atomic E-state index is 13.9. The molecule has 0 atom stereocenters. The van der Waals surface area contributed by atoms with Crippen LogP contribution in [0.15, 0.2) is 36.7 Å². The quantitative estimate of drug-likeness (QED) is 0.790. The van der Waals surface area contributed by atoms with Gasteiger partial charge in [-0.15, -0.1) is 0 Å². The zero-order valence-electron chi connectivity index (χ0n) is 13.3. The first kappa shape index (κ1) is 16.7. The molecule has 1 N–H and O–H groups in total. The number of hydrogen-bond acceptors (Lipinski definition) is 3. The van der Waals surface area contributed by atoms with Gasteiger partial charge >= 0.3 is 0 Å². The van der Waals surface area contributed by atoms with E-state index in [-0.39, 0.29) is 22.6 Å². The van der Waals surface area contributed by atoms with E-state index in [0.29, 0.717) is 5.56 Å². The second-order valence-corrected chi connectivity index (χ2v) is 5.40. The van der Waals surface area contributed by atoms with E-state index in [1.165, 1.54) is 30.1 Å². The van der Waals surface area contributed by atoms with E-state index >= 15 is 0 Å². The zero-order valence-corrected chi connectivity index (χ0v) is 13.3. The third kappa shape index (κ3) is 3.10. The van der Waals surface area contributed by atoms with Crippen molar-refractivity contribution in [1.29, 1.82) is 0 Å². The molecule has 0 aliphatic carbocycles. The Morgan fingerprint density at radius 1 is 1.12 bits per heavy atom. The first-order chi connectivity index (χ1) is 11.9. The van der Waals surface area contributed by atoms with E-state index in [1.54, 1.807) is 6.92 Å². The smallest absolute Gasteiger partial charge is 0.276 e. The fraction of sp³-hybridized carbons (Fsp3) is 0.118. The Morgan fingerprint density at radius 3 is 2.44 bits per heavy atom. The first-order valence-corrected chi connectivity index (χ1v) is 7.28. The molecule has 5 nitrogen and oxygen atoms in total. The summed E-state index contributed by atoms with van der Waals surface area (Å²) in [6.07, 6.45) is 2.37. The summed E-state index contributed by atoms with van der Waals surface area (Å²) in [5.41, 5.74) is 0.111. The lowest BCUT2D eigenvalue weighted by Crippen LogP contribution is -2.15. The van der Waals surface area contributed by atoms with Gasteiger partial charge in [0.2, 0.25) is 0 Å². The molecule has 0 unspecified atom stereocenters. The SMILES string of the molecule is Cc1cncc(F)c1NC(=O)c1cc(-c2c(F)cccc2F)n(C)n1. The van der Waals surface area contributed by atoms with Crippen molar-refractivity contribution in [3.63, 3.8) is 0 Å². The number of carbonyl (C=O) groups excluding carboxylic acids is 1. The van der Waals surface area contributed by atoms with Gasteiger partial charge < -0.3 is 5.32 Å². The summed E-state index contributed by atoms with van der Waals surface area (Å²) in [6.45, 7) is 1.59. The van der Waals surface area contributed by atoms with Crippen LogP contribution < -0.4 is 5.32 Å². The molecule has 0 radical (unpaired) electrons.